The largest absolute Gasteiger partial charge is 0.496 e. The average molecular weight is 654 g/mol. The summed E-state index contributed by atoms with van der Waals surface area (Å²) in [7, 11) is 3.87. The second kappa shape index (κ2) is 17.7. The normalized spacial score (nSPS) is 19.0. The van der Waals surface area contributed by atoms with Crippen LogP contribution in [0.1, 0.15) is 35.4 Å². The molecule has 4 aromatic rings. The van der Waals surface area contributed by atoms with Gasteiger partial charge in [0.25, 0.3) is 0 Å². The van der Waals surface area contributed by atoms with Crippen LogP contribution in [0.3, 0.4) is 0 Å². The molecule has 2 saturated heterocycles. The van der Waals surface area contributed by atoms with Gasteiger partial charge in [0.1, 0.15) is 23.9 Å². The van der Waals surface area contributed by atoms with Crippen LogP contribution in [-0.4, -0.2) is 95.7 Å². The molecule has 0 radical (unpaired) electrons. The predicted octanol–water partition coefficient (Wildman–Crippen LogP) is 6.12. The summed E-state index contributed by atoms with van der Waals surface area (Å²) >= 11 is 0. The maximum atomic E-state index is 6.58. The van der Waals surface area contributed by atoms with Crippen molar-refractivity contribution in [2.24, 2.45) is 0 Å². The van der Waals surface area contributed by atoms with E-state index in [1.807, 2.05) is 24.3 Å². The summed E-state index contributed by atoms with van der Waals surface area (Å²) in [4.78, 5) is 4.86. The number of nitrogens with one attached hydrogen (secondary N) is 1. The minimum absolute atomic E-state index is 0.103. The quantitative estimate of drug-likeness (QED) is 0.145. The molecule has 8 heteroatoms. The lowest BCUT2D eigenvalue weighted by Crippen LogP contribution is -2.45. The summed E-state index contributed by atoms with van der Waals surface area (Å²) in [5.41, 5.74) is 3.53. The standard InChI is InChI=1S/C40H51N3O5/c1-42-18-20-43(21-19-42)22-25-47-37-15-10-32-9-8-31(26-35(32)27-37)29-48-40-28-41-17-16-38(40)33-11-13-36(14-12-33)46-24-5-23-45-30-34-6-3-4-7-39(34)44-2/h3-4,6-15,26-27,38,40-41H,5,16-25,28-30H2,1-2H3. The molecule has 0 aromatic heterocycles. The summed E-state index contributed by atoms with van der Waals surface area (Å²) in [6.45, 7) is 10.3. The Balaban J connectivity index is 0.952. The van der Waals surface area contributed by atoms with E-state index in [0.29, 0.717) is 39.0 Å². The molecule has 8 nitrogen and oxygen atoms in total. The molecule has 0 aliphatic carbocycles. The van der Waals surface area contributed by atoms with Crippen LogP contribution in [-0.2, 0) is 22.7 Å². The molecule has 0 amide bonds. The fraction of sp³-hybridized carbons (Fsp3) is 0.450. The van der Waals surface area contributed by atoms with Gasteiger partial charge in [-0.2, -0.15) is 0 Å². The van der Waals surface area contributed by atoms with Crippen molar-refractivity contribution in [3.05, 3.63) is 102 Å². The molecule has 2 fully saturated rings. The van der Waals surface area contributed by atoms with Gasteiger partial charge >= 0.3 is 0 Å². The third kappa shape index (κ3) is 9.71. The van der Waals surface area contributed by atoms with Crippen LogP contribution in [0.15, 0.2) is 84.9 Å². The Morgan fingerprint density at radius 3 is 2.42 bits per heavy atom. The van der Waals surface area contributed by atoms with E-state index in [4.69, 9.17) is 23.7 Å². The molecule has 0 saturated carbocycles. The number of piperidine rings is 1. The number of hydrogen-bond acceptors (Lipinski definition) is 8. The van der Waals surface area contributed by atoms with Crippen LogP contribution in [0.5, 0.6) is 17.2 Å². The lowest BCUT2D eigenvalue weighted by molar-refractivity contribution is 0.0106. The van der Waals surface area contributed by atoms with E-state index in [2.05, 4.69) is 82.8 Å². The number of methoxy groups -OCH3 is 1. The second-order valence-corrected chi connectivity index (χ2v) is 12.9. The lowest BCUT2D eigenvalue weighted by atomic mass is 9.87. The number of rotatable bonds is 16. The van der Waals surface area contributed by atoms with Crippen molar-refractivity contribution in [3.8, 4) is 17.2 Å². The summed E-state index contributed by atoms with van der Waals surface area (Å²) in [6, 6.07) is 29.5. The van der Waals surface area contributed by atoms with Gasteiger partial charge in [-0.25, -0.2) is 0 Å². The van der Waals surface area contributed by atoms with E-state index < -0.39 is 0 Å². The van der Waals surface area contributed by atoms with E-state index in [-0.39, 0.29) is 6.10 Å². The zero-order chi connectivity index (χ0) is 33.0. The molecule has 2 aliphatic rings. The summed E-state index contributed by atoms with van der Waals surface area (Å²) in [5, 5.41) is 5.93. The van der Waals surface area contributed by atoms with Crippen molar-refractivity contribution in [2.45, 2.75) is 38.1 Å². The second-order valence-electron chi connectivity index (χ2n) is 12.9. The monoisotopic (exact) mass is 653 g/mol. The molecule has 2 heterocycles. The number of benzene rings is 4. The van der Waals surface area contributed by atoms with E-state index in [1.165, 1.54) is 21.9 Å². The number of nitrogens with zero attached hydrogens (tertiary/aromatic N) is 2. The van der Waals surface area contributed by atoms with Gasteiger partial charge in [-0.15, -0.1) is 0 Å². The van der Waals surface area contributed by atoms with Gasteiger partial charge in [0.15, 0.2) is 0 Å². The van der Waals surface area contributed by atoms with Crippen molar-refractivity contribution in [1.29, 1.82) is 0 Å². The first-order valence-electron chi connectivity index (χ1n) is 17.5. The fourth-order valence-electron chi connectivity index (χ4n) is 6.57. The molecule has 4 aromatic carbocycles. The van der Waals surface area contributed by atoms with Crippen molar-refractivity contribution in [3.63, 3.8) is 0 Å². The highest BCUT2D eigenvalue weighted by Crippen LogP contribution is 2.30. The van der Waals surface area contributed by atoms with Gasteiger partial charge in [0.2, 0.25) is 0 Å². The lowest BCUT2D eigenvalue weighted by Gasteiger charge is -2.32. The number of likely N-dealkylation sites (N-methyl/N-ethyl adjacent to an activating group) is 1. The molecule has 256 valence electrons. The Kier molecular flexibility index (Phi) is 12.6. The molecule has 6 rings (SSSR count). The Bertz CT molecular complexity index is 1560. The third-order valence-corrected chi connectivity index (χ3v) is 9.50. The highest BCUT2D eigenvalue weighted by Gasteiger charge is 2.27. The highest BCUT2D eigenvalue weighted by molar-refractivity contribution is 5.84. The maximum Gasteiger partial charge on any atom is 0.124 e. The van der Waals surface area contributed by atoms with Crippen LogP contribution >= 0.6 is 0 Å². The first-order valence-corrected chi connectivity index (χ1v) is 17.5. The Morgan fingerprint density at radius 2 is 1.56 bits per heavy atom. The minimum Gasteiger partial charge on any atom is -0.496 e. The SMILES string of the molecule is COc1ccccc1COCCCOc1ccc(C2CCNCC2OCc2ccc3ccc(OCCN4CCN(C)CC4)cc3c2)cc1. The zero-order valence-electron chi connectivity index (χ0n) is 28.6. The van der Waals surface area contributed by atoms with Gasteiger partial charge in [0, 0.05) is 57.2 Å². The predicted molar refractivity (Wildman–Crippen MR) is 191 cm³/mol. The number of fused-ring (bicyclic) bond motifs is 1. The van der Waals surface area contributed by atoms with Gasteiger partial charge in [-0.3, -0.25) is 4.90 Å². The Labute approximate surface area is 285 Å². The zero-order valence-corrected chi connectivity index (χ0v) is 28.6. The van der Waals surface area contributed by atoms with Crippen LogP contribution in [0.2, 0.25) is 0 Å². The Morgan fingerprint density at radius 1 is 0.771 bits per heavy atom. The number of para-hydroxylation sites is 1. The first-order chi connectivity index (χ1) is 23.6. The minimum atomic E-state index is 0.103. The highest BCUT2D eigenvalue weighted by atomic mass is 16.5. The van der Waals surface area contributed by atoms with E-state index in [1.54, 1.807) is 7.11 Å². The fourth-order valence-corrected chi connectivity index (χ4v) is 6.57. The number of piperazine rings is 1. The molecule has 2 unspecified atom stereocenters. The summed E-state index contributed by atoms with van der Waals surface area (Å²) < 4.78 is 30.0. The van der Waals surface area contributed by atoms with Gasteiger partial charge in [-0.1, -0.05) is 48.5 Å². The average Bonchev–Trinajstić information content (AvgIpc) is 3.13. The summed E-state index contributed by atoms with van der Waals surface area (Å²) in [6.07, 6.45) is 1.97. The van der Waals surface area contributed by atoms with E-state index >= 15 is 0 Å². The van der Waals surface area contributed by atoms with Crippen molar-refractivity contribution in [2.75, 3.05) is 79.8 Å². The number of ether oxygens (including phenoxy) is 5. The smallest absolute Gasteiger partial charge is 0.124 e. The van der Waals surface area contributed by atoms with Crippen molar-refractivity contribution in [1.82, 2.24) is 15.1 Å². The van der Waals surface area contributed by atoms with Gasteiger partial charge in [0.05, 0.1) is 39.6 Å². The summed E-state index contributed by atoms with van der Waals surface area (Å²) in [5.74, 6) is 3.00. The van der Waals surface area contributed by atoms with Crippen LogP contribution in [0.25, 0.3) is 10.8 Å². The number of hydrogen-bond donors (Lipinski definition) is 1. The van der Waals surface area contributed by atoms with Crippen molar-refractivity contribution < 1.29 is 23.7 Å². The molecule has 48 heavy (non-hydrogen) atoms. The van der Waals surface area contributed by atoms with Crippen LogP contribution in [0, 0.1) is 0 Å². The molecular formula is C40H51N3O5. The maximum absolute atomic E-state index is 6.58. The molecule has 2 aliphatic heterocycles. The van der Waals surface area contributed by atoms with Crippen LogP contribution < -0.4 is 19.5 Å². The molecule has 0 bridgehead atoms. The van der Waals surface area contributed by atoms with Gasteiger partial charge in [-0.05, 0) is 78.3 Å². The van der Waals surface area contributed by atoms with Gasteiger partial charge < -0.3 is 33.9 Å². The van der Waals surface area contributed by atoms with E-state index in [0.717, 1.165) is 81.5 Å². The first kappa shape index (κ1) is 34.2. The van der Waals surface area contributed by atoms with E-state index in [9.17, 15) is 0 Å². The molecule has 1 N–H and O–H groups in total. The Hall–Kier alpha value is -3.66. The third-order valence-electron chi connectivity index (χ3n) is 9.50. The van der Waals surface area contributed by atoms with Crippen LogP contribution in [0.4, 0.5) is 0 Å². The molecule has 0 spiro atoms. The molecule has 2 atom stereocenters. The topological polar surface area (TPSA) is 64.7 Å². The van der Waals surface area contributed by atoms with Crippen molar-refractivity contribution >= 4 is 10.8 Å². The molecular weight excluding hydrogens is 602 g/mol.